The summed E-state index contributed by atoms with van der Waals surface area (Å²) in [5.41, 5.74) is 8.44. The second kappa shape index (κ2) is 5.17. The molecule has 0 N–H and O–H groups in total. The second-order valence-electron chi connectivity index (χ2n) is 8.84. The molecule has 2 aliphatic rings. The maximum Gasteiger partial charge on any atom is 0.0747 e. The molecule has 0 saturated heterocycles. The fourth-order valence-electron chi connectivity index (χ4n) is 4.94. The minimum Gasteiger partial charge on any atom is -0.247 e. The summed E-state index contributed by atoms with van der Waals surface area (Å²) >= 11 is 0. The quantitative estimate of drug-likeness (QED) is 0.493. The third kappa shape index (κ3) is 2.25. The first kappa shape index (κ1) is 15.1. The van der Waals surface area contributed by atoms with Gasteiger partial charge in [0, 0.05) is 10.9 Å². The molecule has 1 nitrogen and oxygen atoms in total. The van der Waals surface area contributed by atoms with E-state index in [1.54, 1.807) is 11.1 Å². The molecule has 1 heteroatoms. The lowest BCUT2D eigenvalue weighted by atomic mass is 9.82. The van der Waals surface area contributed by atoms with E-state index in [9.17, 15) is 0 Å². The monoisotopic (exact) mass is 327 g/mol. The smallest absolute Gasteiger partial charge is 0.0747 e. The summed E-state index contributed by atoms with van der Waals surface area (Å²) in [6, 6.07) is 17.7. The summed E-state index contributed by atoms with van der Waals surface area (Å²) in [5, 5.41) is 1.41. The Bertz CT molecular complexity index is 963. The van der Waals surface area contributed by atoms with Gasteiger partial charge in [-0.2, -0.15) is 0 Å². The summed E-state index contributed by atoms with van der Waals surface area (Å²) in [6.07, 6.45) is 4.02. The highest BCUT2D eigenvalue weighted by molar-refractivity contribution is 5.90. The van der Waals surface area contributed by atoms with Crippen molar-refractivity contribution in [2.45, 2.75) is 57.3 Å². The summed E-state index contributed by atoms with van der Waals surface area (Å²) in [7, 11) is 0. The van der Waals surface area contributed by atoms with Gasteiger partial charge in [-0.3, -0.25) is 0 Å². The van der Waals surface area contributed by atoms with Crippen LogP contribution in [0.3, 0.4) is 0 Å². The van der Waals surface area contributed by atoms with Crippen molar-refractivity contribution in [2.24, 2.45) is 0 Å². The van der Waals surface area contributed by atoms with Gasteiger partial charge in [-0.05, 0) is 65.3 Å². The number of fused-ring (bicyclic) bond motifs is 7. The Morgan fingerprint density at radius 2 is 1.60 bits per heavy atom. The highest BCUT2D eigenvalue weighted by Crippen LogP contribution is 2.57. The van der Waals surface area contributed by atoms with Crippen molar-refractivity contribution in [1.82, 2.24) is 4.98 Å². The highest BCUT2D eigenvalue weighted by Gasteiger charge is 2.40. The third-order valence-electron chi connectivity index (χ3n) is 6.23. The van der Waals surface area contributed by atoms with Crippen LogP contribution in [0.15, 0.2) is 48.5 Å². The van der Waals surface area contributed by atoms with Gasteiger partial charge in [0.25, 0.3) is 0 Å². The van der Waals surface area contributed by atoms with Crippen LogP contribution < -0.4 is 0 Å². The molecule has 2 aromatic carbocycles. The molecule has 5 rings (SSSR count). The van der Waals surface area contributed by atoms with Gasteiger partial charge >= 0.3 is 0 Å². The standard InChI is InChI=1S/C24H25N/c1-24(2,3)18-11-12-20-19(14-18)21-16-9-10-17(13-16)22(21)23(25-20)15-7-5-4-6-8-15/h4-8,11-12,14,16-17H,9-10,13H2,1-3H3. The molecule has 1 saturated carbocycles. The minimum atomic E-state index is 0.177. The Kier molecular flexibility index (Phi) is 3.13. The van der Waals surface area contributed by atoms with Crippen molar-refractivity contribution < 1.29 is 0 Å². The predicted molar refractivity (Wildman–Crippen MR) is 105 cm³/mol. The van der Waals surface area contributed by atoms with Crippen LogP contribution in [-0.4, -0.2) is 4.98 Å². The molecule has 1 fully saturated rings. The number of hydrogen-bond donors (Lipinski definition) is 0. The first-order valence-electron chi connectivity index (χ1n) is 9.56. The van der Waals surface area contributed by atoms with Gasteiger partial charge in [0.2, 0.25) is 0 Å². The number of aromatic nitrogens is 1. The van der Waals surface area contributed by atoms with Crippen LogP contribution in [0.4, 0.5) is 0 Å². The van der Waals surface area contributed by atoms with Gasteiger partial charge in [0.15, 0.2) is 0 Å². The van der Waals surface area contributed by atoms with Crippen LogP contribution in [0.2, 0.25) is 0 Å². The molecule has 2 bridgehead atoms. The first-order valence-corrected chi connectivity index (χ1v) is 9.56. The van der Waals surface area contributed by atoms with Crippen LogP contribution >= 0.6 is 0 Å². The van der Waals surface area contributed by atoms with E-state index in [0.29, 0.717) is 5.92 Å². The van der Waals surface area contributed by atoms with E-state index >= 15 is 0 Å². The number of hydrogen-bond acceptors (Lipinski definition) is 1. The molecule has 2 unspecified atom stereocenters. The number of benzene rings is 2. The third-order valence-corrected chi connectivity index (χ3v) is 6.23. The molecule has 0 aliphatic heterocycles. The zero-order chi connectivity index (χ0) is 17.2. The van der Waals surface area contributed by atoms with E-state index in [1.165, 1.54) is 41.5 Å². The Balaban J connectivity index is 1.83. The molecule has 1 aromatic heterocycles. The molecule has 2 aliphatic carbocycles. The average Bonchev–Trinajstić information content (AvgIpc) is 3.23. The van der Waals surface area contributed by atoms with E-state index < -0.39 is 0 Å². The Morgan fingerprint density at radius 3 is 2.32 bits per heavy atom. The molecular formula is C24H25N. The Hall–Kier alpha value is -2.15. The topological polar surface area (TPSA) is 12.9 Å². The summed E-state index contributed by atoms with van der Waals surface area (Å²) in [5.74, 6) is 1.45. The molecule has 3 aromatic rings. The Morgan fingerprint density at radius 1 is 0.880 bits per heavy atom. The minimum absolute atomic E-state index is 0.177. The normalized spacial score (nSPS) is 21.7. The van der Waals surface area contributed by atoms with Crippen molar-refractivity contribution in [2.75, 3.05) is 0 Å². The SMILES string of the molecule is CC(C)(C)c1ccc2nc(-c3ccccc3)c3c(c2c1)C1CCC3C1. The largest absolute Gasteiger partial charge is 0.247 e. The predicted octanol–water partition coefficient (Wildman–Crippen LogP) is 6.56. The zero-order valence-corrected chi connectivity index (χ0v) is 15.3. The molecule has 25 heavy (non-hydrogen) atoms. The van der Waals surface area contributed by atoms with Crippen LogP contribution in [0.25, 0.3) is 22.2 Å². The van der Waals surface area contributed by atoms with Crippen molar-refractivity contribution in [3.63, 3.8) is 0 Å². The number of rotatable bonds is 1. The summed E-state index contributed by atoms with van der Waals surface area (Å²) < 4.78 is 0. The van der Waals surface area contributed by atoms with Gasteiger partial charge in [-0.1, -0.05) is 57.2 Å². The fourth-order valence-corrected chi connectivity index (χ4v) is 4.94. The lowest BCUT2D eigenvalue weighted by molar-refractivity contribution is 0.591. The molecule has 1 heterocycles. The maximum atomic E-state index is 5.16. The fraction of sp³-hybridized carbons (Fsp3) is 0.375. The summed E-state index contributed by atoms with van der Waals surface area (Å²) in [6.45, 7) is 6.89. The molecule has 2 atom stereocenters. The van der Waals surface area contributed by atoms with Crippen molar-refractivity contribution >= 4 is 10.9 Å². The molecular weight excluding hydrogens is 302 g/mol. The summed E-state index contributed by atoms with van der Waals surface area (Å²) in [4.78, 5) is 5.16. The second-order valence-corrected chi connectivity index (χ2v) is 8.84. The van der Waals surface area contributed by atoms with E-state index in [4.69, 9.17) is 4.98 Å². The van der Waals surface area contributed by atoms with Gasteiger partial charge in [0.05, 0.1) is 11.2 Å². The van der Waals surface area contributed by atoms with Crippen molar-refractivity contribution in [3.05, 3.63) is 65.2 Å². The Labute approximate surface area is 150 Å². The zero-order valence-electron chi connectivity index (χ0n) is 15.3. The highest BCUT2D eigenvalue weighted by atomic mass is 14.7. The lowest BCUT2D eigenvalue weighted by Crippen LogP contribution is -2.11. The maximum absolute atomic E-state index is 5.16. The molecule has 0 spiro atoms. The van der Waals surface area contributed by atoms with Crippen LogP contribution in [0, 0.1) is 0 Å². The van der Waals surface area contributed by atoms with Gasteiger partial charge in [-0.15, -0.1) is 0 Å². The van der Waals surface area contributed by atoms with Gasteiger partial charge < -0.3 is 0 Å². The van der Waals surface area contributed by atoms with Crippen LogP contribution in [0.5, 0.6) is 0 Å². The first-order chi connectivity index (χ1) is 12.0. The molecule has 0 radical (unpaired) electrons. The van der Waals surface area contributed by atoms with Crippen LogP contribution in [-0.2, 0) is 5.41 Å². The van der Waals surface area contributed by atoms with E-state index in [0.717, 1.165) is 11.4 Å². The van der Waals surface area contributed by atoms with Crippen molar-refractivity contribution in [3.8, 4) is 11.3 Å². The number of pyridine rings is 1. The van der Waals surface area contributed by atoms with Crippen molar-refractivity contribution in [1.29, 1.82) is 0 Å². The molecule has 0 amide bonds. The average molecular weight is 327 g/mol. The lowest BCUT2D eigenvalue weighted by Gasteiger charge is -2.24. The van der Waals surface area contributed by atoms with E-state index in [1.807, 2.05) is 0 Å². The van der Waals surface area contributed by atoms with Gasteiger partial charge in [0.1, 0.15) is 0 Å². The van der Waals surface area contributed by atoms with E-state index in [2.05, 4.69) is 69.3 Å². The molecule has 126 valence electrons. The van der Waals surface area contributed by atoms with E-state index in [-0.39, 0.29) is 5.41 Å². The van der Waals surface area contributed by atoms with Crippen LogP contribution in [0.1, 0.15) is 68.6 Å². The number of nitrogens with zero attached hydrogens (tertiary/aromatic N) is 1. The van der Waals surface area contributed by atoms with Gasteiger partial charge in [-0.25, -0.2) is 4.98 Å².